The molecule has 0 radical (unpaired) electrons. The van der Waals surface area contributed by atoms with E-state index >= 15 is 0 Å². The molecule has 3 aliphatic carbocycles. The van der Waals surface area contributed by atoms with Crippen molar-refractivity contribution in [2.75, 3.05) is 0 Å². The molecule has 0 aromatic heterocycles. The maximum absolute atomic E-state index is 2.69. The Bertz CT molecular complexity index is 672. The van der Waals surface area contributed by atoms with Crippen LogP contribution in [0.5, 0.6) is 0 Å². The lowest BCUT2D eigenvalue weighted by Gasteiger charge is -2.58. The Balaban J connectivity index is 1.59. The number of hydrogen-bond donors (Lipinski definition) is 0. The fourth-order valence-electron chi connectivity index (χ4n) is 7.93. The lowest BCUT2D eigenvalue weighted by molar-refractivity contribution is -0.0911. The van der Waals surface area contributed by atoms with Crippen molar-refractivity contribution in [3.8, 4) is 0 Å². The van der Waals surface area contributed by atoms with Crippen LogP contribution in [0, 0.1) is 34.5 Å². The van der Waals surface area contributed by atoms with E-state index in [9.17, 15) is 0 Å². The van der Waals surface area contributed by atoms with Crippen molar-refractivity contribution in [1.82, 2.24) is 0 Å². The van der Waals surface area contributed by atoms with Crippen LogP contribution >= 0.6 is 0 Å². The third kappa shape index (κ3) is 4.99. The number of rotatable bonds is 7. The Hall–Kier alpha value is -0.780. The summed E-state index contributed by atoms with van der Waals surface area (Å²) in [7, 11) is 0. The second-order valence-electron chi connectivity index (χ2n) is 12.1. The Morgan fingerprint density at radius 1 is 0.867 bits per heavy atom. The maximum atomic E-state index is 2.69. The van der Waals surface area contributed by atoms with E-state index in [4.69, 9.17) is 0 Å². The van der Waals surface area contributed by atoms with Gasteiger partial charge < -0.3 is 0 Å². The molecular weight excluding hydrogens is 360 g/mol. The lowest BCUT2D eigenvalue weighted by atomic mass is 9.46. The van der Waals surface area contributed by atoms with Crippen LogP contribution in [0.2, 0.25) is 0 Å². The van der Waals surface area contributed by atoms with Crippen LogP contribution in [0.3, 0.4) is 0 Å². The third-order valence-corrected chi connectivity index (χ3v) is 9.81. The minimum atomic E-state index is 0.564. The minimum absolute atomic E-state index is 0.564. The first-order valence-corrected chi connectivity index (χ1v) is 13.2. The summed E-state index contributed by atoms with van der Waals surface area (Å²) in [5, 5.41) is 0. The smallest absolute Gasteiger partial charge is 0.0164 e. The molecule has 3 fully saturated rings. The monoisotopic (exact) mass is 410 g/mol. The topological polar surface area (TPSA) is 0 Å². The minimum Gasteiger partial charge on any atom is -0.0853 e. The highest BCUT2D eigenvalue weighted by molar-refractivity contribution is 5.16. The molecule has 0 aromatic rings. The Morgan fingerprint density at radius 2 is 1.63 bits per heavy atom. The molecule has 0 N–H and O–H groups in total. The highest BCUT2D eigenvalue weighted by Crippen LogP contribution is 2.66. The molecule has 0 amide bonds. The average Bonchev–Trinajstić information content (AvgIpc) is 3.12. The SMILES string of the molecule is CC/C(C)=C/CC/C(C)=C/C/C=C(\C)[C@H]1CC[C@H]2[C@H]1CC[C@H]1C(C)(C)CCC[C@]21C. The van der Waals surface area contributed by atoms with E-state index < -0.39 is 0 Å². The van der Waals surface area contributed by atoms with Crippen molar-refractivity contribution in [1.29, 1.82) is 0 Å². The molecular formula is C30H50. The third-order valence-electron chi connectivity index (χ3n) is 9.81. The second kappa shape index (κ2) is 9.79. The molecule has 0 aliphatic heterocycles. The molecule has 0 bridgehead atoms. The molecule has 0 saturated heterocycles. The van der Waals surface area contributed by atoms with Crippen molar-refractivity contribution < 1.29 is 0 Å². The molecule has 0 unspecified atom stereocenters. The number of fused-ring (bicyclic) bond motifs is 3. The van der Waals surface area contributed by atoms with Gasteiger partial charge >= 0.3 is 0 Å². The van der Waals surface area contributed by atoms with E-state index in [0.29, 0.717) is 10.8 Å². The van der Waals surface area contributed by atoms with Gasteiger partial charge in [-0.1, -0.05) is 69.1 Å². The first-order chi connectivity index (χ1) is 14.2. The van der Waals surface area contributed by atoms with Crippen LogP contribution in [0.15, 0.2) is 34.9 Å². The van der Waals surface area contributed by atoms with Crippen LogP contribution in [0.4, 0.5) is 0 Å². The molecule has 0 heterocycles. The molecule has 170 valence electrons. The van der Waals surface area contributed by atoms with Crippen molar-refractivity contribution >= 4 is 0 Å². The summed E-state index contributed by atoms with van der Waals surface area (Å²) in [5.41, 5.74) is 5.96. The summed E-state index contributed by atoms with van der Waals surface area (Å²) in [4.78, 5) is 0. The van der Waals surface area contributed by atoms with E-state index in [0.717, 1.165) is 30.1 Å². The first-order valence-electron chi connectivity index (χ1n) is 13.2. The van der Waals surface area contributed by atoms with Crippen LogP contribution in [0.25, 0.3) is 0 Å². The van der Waals surface area contributed by atoms with Crippen LogP contribution in [-0.2, 0) is 0 Å². The van der Waals surface area contributed by atoms with Crippen molar-refractivity contribution in [3.05, 3.63) is 34.9 Å². The Morgan fingerprint density at radius 3 is 2.37 bits per heavy atom. The van der Waals surface area contributed by atoms with Gasteiger partial charge in [0.05, 0.1) is 0 Å². The molecule has 0 nitrogen and oxygen atoms in total. The molecule has 5 atom stereocenters. The molecule has 3 saturated carbocycles. The highest BCUT2D eigenvalue weighted by Gasteiger charge is 2.57. The summed E-state index contributed by atoms with van der Waals surface area (Å²) in [6, 6.07) is 0. The largest absolute Gasteiger partial charge is 0.0853 e. The van der Waals surface area contributed by atoms with Crippen LogP contribution < -0.4 is 0 Å². The summed E-state index contributed by atoms with van der Waals surface area (Å²) < 4.78 is 0. The van der Waals surface area contributed by atoms with Gasteiger partial charge in [-0.05, 0) is 119 Å². The molecule has 0 spiro atoms. The fourth-order valence-corrected chi connectivity index (χ4v) is 7.93. The zero-order valence-electron chi connectivity index (χ0n) is 21.3. The van der Waals surface area contributed by atoms with Gasteiger partial charge in [0.1, 0.15) is 0 Å². The molecule has 3 aliphatic rings. The zero-order chi connectivity index (χ0) is 21.9. The van der Waals surface area contributed by atoms with Gasteiger partial charge in [0.2, 0.25) is 0 Å². The van der Waals surface area contributed by atoms with E-state index in [1.54, 1.807) is 11.1 Å². The van der Waals surface area contributed by atoms with Crippen molar-refractivity contribution in [3.63, 3.8) is 0 Å². The van der Waals surface area contributed by atoms with Gasteiger partial charge in [-0.3, -0.25) is 0 Å². The van der Waals surface area contributed by atoms with Gasteiger partial charge in [0.15, 0.2) is 0 Å². The predicted octanol–water partition coefficient (Wildman–Crippen LogP) is 9.67. The van der Waals surface area contributed by atoms with Gasteiger partial charge in [-0.25, -0.2) is 0 Å². The lowest BCUT2D eigenvalue weighted by Crippen LogP contribution is -2.50. The standard InChI is InChI=1S/C30H50/c1-8-22(2)12-9-13-23(3)14-10-15-24(4)25-16-18-27-26(25)17-19-28-29(5,6)20-11-21-30(27,28)7/h12,14-15,25-28H,8-11,13,16-21H2,1-7H3/b22-12+,23-14+,24-15+/t25-,26+,27+,28+,30-/m1/s1. The summed E-state index contributed by atoms with van der Waals surface area (Å²) >= 11 is 0. The van der Waals surface area contributed by atoms with E-state index in [-0.39, 0.29) is 0 Å². The zero-order valence-corrected chi connectivity index (χ0v) is 21.3. The van der Waals surface area contributed by atoms with Crippen molar-refractivity contribution in [2.45, 2.75) is 119 Å². The molecule has 3 rings (SSSR count). The highest BCUT2D eigenvalue weighted by atomic mass is 14.6. The van der Waals surface area contributed by atoms with E-state index in [2.05, 4.69) is 66.7 Å². The normalized spacial score (nSPS) is 37.1. The van der Waals surface area contributed by atoms with Crippen molar-refractivity contribution in [2.24, 2.45) is 34.5 Å². The first kappa shape index (κ1) is 23.9. The maximum Gasteiger partial charge on any atom is -0.0164 e. The summed E-state index contributed by atoms with van der Waals surface area (Å²) in [5.74, 6) is 3.76. The Kier molecular flexibility index (Phi) is 7.79. The van der Waals surface area contributed by atoms with Crippen LogP contribution in [-0.4, -0.2) is 0 Å². The summed E-state index contributed by atoms with van der Waals surface area (Å²) in [6.07, 6.45) is 22.5. The Labute approximate surface area is 188 Å². The van der Waals surface area contributed by atoms with Gasteiger partial charge in [0.25, 0.3) is 0 Å². The number of allylic oxidation sites excluding steroid dienone is 6. The fraction of sp³-hybridized carbons (Fsp3) is 0.800. The molecule has 0 aromatic carbocycles. The van der Waals surface area contributed by atoms with Gasteiger partial charge in [-0.15, -0.1) is 0 Å². The van der Waals surface area contributed by atoms with Crippen LogP contribution in [0.1, 0.15) is 119 Å². The predicted molar refractivity (Wildman–Crippen MR) is 134 cm³/mol. The van der Waals surface area contributed by atoms with E-state index in [1.165, 1.54) is 69.8 Å². The number of hydrogen-bond acceptors (Lipinski definition) is 0. The second-order valence-corrected chi connectivity index (χ2v) is 12.1. The average molecular weight is 411 g/mol. The quantitative estimate of drug-likeness (QED) is 0.366. The van der Waals surface area contributed by atoms with Gasteiger partial charge in [0, 0.05) is 0 Å². The summed E-state index contributed by atoms with van der Waals surface area (Å²) in [6.45, 7) is 17.1. The molecule has 30 heavy (non-hydrogen) atoms. The van der Waals surface area contributed by atoms with Gasteiger partial charge in [-0.2, -0.15) is 0 Å². The van der Waals surface area contributed by atoms with E-state index in [1.807, 2.05) is 0 Å². The molecule has 0 heteroatoms.